The molecule has 7 nitrogen and oxygen atoms in total. The molecule has 1 fully saturated rings. The first kappa shape index (κ1) is 20.7. The molecule has 0 N–H and O–H groups in total. The van der Waals surface area contributed by atoms with E-state index in [-0.39, 0.29) is 13.0 Å². The van der Waals surface area contributed by atoms with Crippen molar-refractivity contribution in [3.8, 4) is 5.75 Å². The van der Waals surface area contributed by atoms with Crippen LogP contribution in [0.1, 0.15) is 39.7 Å². The summed E-state index contributed by atoms with van der Waals surface area (Å²) in [7, 11) is 1.57. The van der Waals surface area contributed by atoms with Gasteiger partial charge in [0.1, 0.15) is 17.4 Å². The van der Waals surface area contributed by atoms with Crippen LogP contribution < -0.4 is 4.74 Å². The van der Waals surface area contributed by atoms with Crippen molar-refractivity contribution >= 4 is 18.0 Å². The van der Waals surface area contributed by atoms with Crippen molar-refractivity contribution in [2.45, 2.75) is 52.2 Å². The Morgan fingerprint density at radius 3 is 2.56 bits per heavy atom. The lowest BCUT2D eigenvalue weighted by Crippen LogP contribution is -2.46. The van der Waals surface area contributed by atoms with E-state index in [1.165, 1.54) is 0 Å². The normalized spacial score (nSPS) is 19.7. The smallest absolute Gasteiger partial charge is 0.417 e. The molecule has 0 radical (unpaired) electrons. The van der Waals surface area contributed by atoms with Gasteiger partial charge in [0.2, 0.25) is 5.91 Å². The zero-order valence-corrected chi connectivity index (χ0v) is 16.5. The van der Waals surface area contributed by atoms with Gasteiger partial charge in [0, 0.05) is 5.92 Å². The van der Waals surface area contributed by atoms with E-state index < -0.39 is 35.5 Å². The number of rotatable bonds is 5. The van der Waals surface area contributed by atoms with Crippen LogP contribution in [0.25, 0.3) is 0 Å². The summed E-state index contributed by atoms with van der Waals surface area (Å²) in [6.45, 7) is 6.97. The molecule has 7 heteroatoms. The fourth-order valence-electron chi connectivity index (χ4n) is 3.05. The van der Waals surface area contributed by atoms with Crippen molar-refractivity contribution in [3.05, 3.63) is 29.8 Å². The second-order valence-electron chi connectivity index (χ2n) is 7.44. The number of ether oxygens (including phenoxy) is 3. The molecule has 1 heterocycles. The van der Waals surface area contributed by atoms with Gasteiger partial charge in [0.05, 0.1) is 13.7 Å². The summed E-state index contributed by atoms with van der Waals surface area (Å²) in [6, 6.07) is 6.40. The first-order valence-corrected chi connectivity index (χ1v) is 9.02. The molecular formula is C20H27NO6. The minimum absolute atomic E-state index is 0.173. The number of benzene rings is 1. The molecule has 0 unspecified atom stereocenters. The van der Waals surface area contributed by atoms with E-state index in [1.807, 2.05) is 24.3 Å². The summed E-state index contributed by atoms with van der Waals surface area (Å²) in [6.07, 6.45) is -0.224. The summed E-state index contributed by atoms with van der Waals surface area (Å²) >= 11 is 0. The molecule has 1 aromatic carbocycles. The fourth-order valence-corrected chi connectivity index (χ4v) is 3.05. The number of hydrogen-bond donors (Lipinski definition) is 0. The molecule has 2 amide bonds. The summed E-state index contributed by atoms with van der Waals surface area (Å²) < 4.78 is 15.6. The van der Waals surface area contributed by atoms with Crippen LogP contribution in [-0.4, -0.2) is 48.2 Å². The van der Waals surface area contributed by atoms with Crippen molar-refractivity contribution in [2.24, 2.45) is 5.92 Å². The number of imide groups is 1. The molecule has 2 rings (SSSR count). The predicted octanol–water partition coefficient (Wildman–Crippen LogP) is 2.95. The predicted molar refractivity (Wildman–Crippen MR) is 98.3 cm³/mol. The van der Waals surface area contributed by atoms with Gasteiger partial charge in [-0.2, -0.15) is 0 Å². The van der Waals surface area contributed by atoms with E-state index in [0.29, 0.717) is 12.2 Å². The highest BCUT2D eigenvalue weighted by molar-refractivity contribution is 6.00. The zero-order valence-electron chi connectivity index (χ0n) is 16.5. The van der Waals surface area contributed by atoms with E-state index in [2.05, 4.69) is 0 Å². The van der Waals surface area contributed by atoms with Gasteiger partial charge in [0.25, 0.3) is 0 Å². The minimum atomic E-state index is -0.970. The lowest BCUT2D eigenvalue weighted by atomic mass is 9.96. The van der Waals surface area contributed by atoms with Gasteiger partial charge in [0.15, 0.2) is 0 Å². The Hall–Kier alpha value is -2.57. The Morgan fingerprint density at radius 1 is 1.26 bits per heavy atom. The number of esters is 1. The van der Waals surface area contributed by atoms with Gasteiger partial charge in [-0.05, 0) is 58.2 Å². The molecule has 1 aromatic rings. The van der Waals surface area contributed by atoms with Crippen molar-refractivity contribution in [1.82, 2.24) is 4.90 Å². The van der Waals surface area contributed by atoms with Crippen molar-refractivity contribution in [3.63, 3.8) is 0 Å². The number of carbonyl (C=O) groups excluding carboxylic acids is 3. The van der Waals surface area contributed by atoms with Crippen molar-refractivity contribution < 1.29 is 28.6 Å². The summed E-state index contributed by atoms with van der Waals surface area (Å²) in [4.78, 5) is 38.7. The maximum absolute atomic E-state index is 12.9. The molecule has 2 atom stereocenters. The van der Waals surface area contributed by atoms with Crippen LogP contribution in [0.2, 0.25) is 0 Å². The molecule has 0 aromatic heterocycles. The van der Waals surface area contributed by atoms with E-state index in [9.17, 15) is 14.4 Å². The largest absolute Gasteiger partial charge is 0.497 e. The molecule has 1 aliphatic heterocycles. The Labute approximate surface area is 159 Å². The molecule has 0 spiro atoms. The Bertz CT molecular complexity index is 709. The first-order valence-electron chi connectivity index (χ1n) is 9.02. The van der Waals surface area contributed by atoms with Gasteiger partial charge in [-0.25, -0.2) is 14.5 Å². The van der Waals surface area contributed by atoms with Gasteiger partial charge in [-0.1, -0.05) is 12.1 Å². The lowest BCUT2D eigenvalue weighted by Gasteiger charge is -2.26. The molecule has 1 saturated heterocycles. The molecular weight excluding hydrogens is 350 g/mol. The van der Waals surface area contributed by atoms with Gasteiger partial charge in [-0.15, -0.1) is 0 Å². The summed E-state index contributed by atoms with van der Waals surface area (Å²) in [5, 5.41) is 0. The van der Waals surface area contributed by atoms with E-state index in [1.54, 1.807) is 34.8 Å². The topological polar surface area (TPSA) is 82.1 Å². The highest BCUT2D eigenvalue weighted by Gasteiger charge is 2.48. The third-order valence-corrected chi connectivity index (χ3v) is 4.17. The monoisotopic (exact) mass is 377 g/mol. The highest BCUT2D eigenvalue weighted by atomic mass is 16.6. The van der Waals surface area contributed by atoms with Gasteiger partial charge >= 0.3 is 12.1 Å². The third-order valence-electron chi connectivity index (χ3n) is 4.17. The van der Waals surface area contributed by atoms with Crippen LogP contribution in [0.15, 0.2) is 24.3 Å². The Kier molecular flexibility index (Phi) is 6.46. The molecule has 148 valence electrons. The second-order valence-corrected chi connectivity index (χ2v) is 7.44. The Morgan fingerprint density at radius 2 is 1.96 bits per heavy atom. The summed E-state index contributed by atoms with van der Waals surface area (Å²) in [5.74, 6) is -0.849. The first-order chi connectivity index (χ1) is 12.7. The number of methoxy groups -OCH3 is 1. The maximum Gasteiger partial charge on any atom is 0.417 e. The molecule has 0 saturated carbocycles. The standard InChI is InChI=1S/C20H27NO6/c1-6-26-18(23)16-12-14(10-13-8-7-9-15(11-13)25-5)17(22)21(16)19(24)27-20(2,3)4/h7-9,11,14,16H,6,10,12H2,1-5H3/t14-,16-/m0/s1. The fraction of sp³-hybridized carbons (Fsp3) is 0.550. The van der Waals surface area contributed by atoms with Crippen molar-refractivity contribution in [2.75, 3.05) is 13.7 Å². The quantitative estimate of drug-likeness (QED) is 0.734. The third kappa shape index (κ3) is 5.21. The average Bonchev–Trinajstić information content (AvgIpc) is 2.90. The molecule has 27 heavy (non-hydrogen) atoms. The molecule has 0 aliphatic carbocycles. The average molecular weight is 377 g/mol. The van der Waals surface area contributed by atoms with Gasteiger partial charge < -0.3 is 14.2 Å². The highest BCUT2D eigenvalue weighted by Crippen LogP contribution is 2.31. The molecule has 0 bridgehead atoms. The number of likely N-dealkylation sites (tertiary alicyclic amines) is 1. The number of hydrogen-bond acceptors (Lipinski definition) is 6. The second kappa shape index (κ2) is 8.41. The van der Waals surface area contributed by atoms with Crippen molar-refractivity contribution in [1.29, 1.82) is 0 Å². The number of nitrogens with zero attached hydrogens (tertiary/aromatic N) is 1. The SMILES string of the molecule is CCOC(=O)[C@@H]1C[C@H](Cc2cccc(OC)c2)C(=O)N1C(=O)OC(C)(C)C. The van der Waals surface area contributed by atoms with Crippen LogP contribution in [0.4, 0.5) is 4.79 Å². The van der Waals surface area contributed by atoms with Crippen LogP contribution in [0.3, 0.4) is 0 Å². The van der Waals surface area contributed by atoms with Crippen LogP contribution in [0, 0.1) is 5.92 Å². The van der Waals surface area contributed by atoms with Crippen LogP contribution in [0.5, 0.6) is 5.75 Å². The number of carbonyl (C=O) groups is 3. The van der Waals surface area contributed by atoms with Crippen LogP contribution >= 0.6 is 0 Å². The van der Waals surface area contributed by atoms with E-state index in [4.69, 9.17) is 14.2 Å². The number of amides is 2. The van der Waals surface area contributed by atoms with E-state index >= 15 is 0 Å². The minimum Gasteiger partial charge on any atom is -0.497 e. The van der Waals surface area contributed by atoms with Gasteiger partial charge in [-0.3, -0.25) is 4.79 Å². The summed E-state index contributed by atoms with van der Waals surface area (Å²) in [5.41, 5.74) is 0.114. The van der Waals surface area contributed by atoms with Crippen LogP contribution in [-0.2, 0) is 25.5 Å². The maximum atomic E-state index is 12.9. The zero-order chi connectivity index (χ0) is 20.2. The van der Waals surface area contributed by atoms with E-state index in [0.717, 1.165) is 10.5 Å². The Balaban J connectivity index is 2.24. The lowest BCUT2D eigenvalue weighted by molar-refractivity contribution is -0.151. The molecule has 1 aliphatic rings.